The van der Waals surface area contributed by atoms with Crippen molar-refractivity contribution < 1.29 is 23.9 Å². The Kier molecular flexibility index (Phi) is 10.7. The van der Waals surface area contributed by atoms with Gasteiger partial charge in [-0.1, -0.05) is 47.5 Å². The monoisotopic (exact) mass is 650 g/mol. The molecule has 0 radical (unpaired) electrons. The van der Waals surface area contributed by atoms with Gasteiger partial charge in [-0.15, -0.1) is 0 Å². The Morgan fingerprint density at radius 1 is 1.15 bits per heavy atom. The van der Waals surface area contributed by atoms with Crippen LogP contribution in [-0.2, 0) is 20.7 Å². The topological polar surface area (TPSA) is 131 Å². The number of aryl methyl sites for hydroxylation is 1. The number of hydrogen-bond donors (Lipinski definition) is 2. The van der Waals surface area contributed by atoms with Gasteiger partial charge in [0.15, 0.2) is 5.78 Å². The zero-order chi connectivity index (χ0) is 33.9. The van der Waals surface area contributed by atoms with Crippen molar-refractivity contribution in [1.29, 1.82) is 0 Å². The van der Waals surface area contributed by atoms with E-state index in [-0.39, 0.29) is 34.5 Å². The van der Waals surface area contributed by atoms with E-state index < -0.39 is 23.8 Å². The molecule has 5 unspecified atom stereocenters. The molecule has 3 fully saturated rings. The van der Waals surface area contributed by atoms with Gasteiger partial charge in [-0.05, 0) is 88.2 Å². The van der Waals surface area contributed by atoms with E-state index in [0.29, 0.717) is 43.1 Å². The minimum Gasteiger partial charge on any atom is -0.490 e. The molecule has 2 amide bonds. The first-order valence-electron chi connectivity index (χ1n) is 17.8. The third-order valence-corrected chi connectivity index (χ3v) is 9.92. The van der Waals surface area contributed by atoms with Crippen molar-refractivity contribution in [2.75, 3.05) is 6.54 Å². The Bertz CT molecular complexity index is 1510. The second kappa shape index (κ2) is 14.4. The Morgan fingerprint density at radius 3 is 2.62 bits per heavy atom. The Hall–Kier alpha value is -3.43. The van der Waals surface area contributed by atoms with Gasteiger partial charge in [-0.25, -0.2) is 9.78 Å². The molecule has 1 aromatic carbocycles. The molecule has 1 aliphatic heterocycles. The third-order valence-electron chi connectivity index (χ3n) is 9.92. The van der Waals surface area contributed by atoms with Crippen LogP contribution < -0.4 is 15.6 Å². The summed E-state index contributed by atoms with van der Waals surface area (Å²) in [4.78, 5) is 61.8. The van der Waals surface area contributed by atoms with Crippen molar-refractivity contribution in [2.24, 2.45) is 17.3 Å². The summed E-state index contributed by atoms with van der Waals surface area (Å²) in [6.45, 7) is 12.6. The van der Waals surface area contributed by atoms with E-state index in [2.05, 4.69) is 15.3 Å². The van der Waals surface area contributed by atoms with Gasteiger partial charge in [0.25, 0.3) is 5.56 Å². The van der Waals surface area contributed by atoms with Crippen LogP contribution in [0.2, 0.25) is 0 Å². The number of ether oxygens (including phenoxy) is 2. The molecule has 258 valence electrons. The fourth-order valence-corrected chi connectivity index (χ4v) is 7.02. The quantitative estimate of drug-likeness (QED) is 0.211. The highest BCUT2D eigenvalue weighted by Crippen LogP contribution is 2.49. The zero-order valence-corrected chi connectivity index (χ0v) is 29.2. The van der Waals surface area contributed by atoms with Gasteiger partial charge in [0.2, 0.25) is 5.91 Å². The third kappa shape index (κ3) is 9.14. The van der Waals surface area contributed by atoms with Crippen molar-refractivity contribution in [3.8, 4) is 5.75 Å². The maximum atomic E-state index is 13.8. The van der Waals surface area contributed by atoms with E-state index >= 15 is 0 Å². The number of Topliss-reactive ketones (excluding diaryl/α,β-unsaturated/α-hetero) is 1. The maximum Gasteiger partial charge on any atom is 0.408 e. The Balaban J connectivity index is 1.08. The van der Waals surface area contributed by atoms with E-state index in [1.165, 1.54) is 0 Å². The SMILES string of the molecule is CCCC(=O)C1C(C)CCN1C(=O)C(CC(C)(C)C)NC(=O)OC1(C)CC1CCCCCc1nc2ccc(OC3CC3)cc2[nH]c1=O. The Morgan fingerprint density at radius 2 is 1.91 bits per heavy atom. The summed E-state index contributed by atoms with van der Waals surface area (Å²) in [7, 11) is 0. The summed E-state index contributed by atoms with van der Waals surface area (Å²) in [5.41, 5.74) is 1.09. The molecule has 5 rings (SSSR count). The van der Waals surface area contributed by atoms with Crippen LogP contribution in [0.25, 0.3) is 11.0 Å². The van der Waals surface area contributed by atoms with Crippen LogP contribution in [0.15, 0.2) is 23.0 Å². The maximum absolute atomic E-state index is 13.8. The van der Waals surface area contributed by atoms with Crippen LogP contribution in [-0.4, -0.2) is 63.0 Å². The molecule has 2 aromatic rings. The molecule has 2 N–H and O–H groups in total. The van der Waals surface area contributed by atoms with Gasteiger partial charge in [0, 0.05) is 24.9 Å². The molecule has 47 heavy (non-hydrogen) atoms. The minimum absolute atomic E-state index is 0.102. The van der Waals surface area contributed by atoms with Crippen molar-refractivity contribution in [3.05, 3.63) is 34.2 Å². The number of nitrogens with zero attached hydrogens (tertiary/aromatic N) is 2. The molecular formula is C37H54N4O6. The number of hydrogen-bond acceptors (Lipinski definition) is 7. The second-order valence-corrected chi connectivity index (χ2v) is 15.6. The van der Waals surface area contributed by atoms with E-state index in [1.807, 2.05) is 59.7 Å². The molecule has 0 spiro atoms. The van der Waals surface area contributed by atoms with Crippen molar-refractivity contribution in [3.63, 3.8) is 0 Å². The largest absolute Gasteiger partial charge is 0.490 e. The predicted molar refractivity (Wildman–Crippen MR) is 181 cm³/mol. The smallest absolute Gasteiger partial charge is 0.408 e. The number of likely N-dealkylation sites (tertiary alicyclic amines) is 1. The number of ketones is 1. The fourth-order valence-electron chi connectivity index (χ4n) is 7.02. The van der Waals surface area contributed by atoms with Crippen molar-refractivity contribution in [1.82, 2.24) is 20.2 Å². The summed E-state index contributed by atoms with van der Waals surface area (Å²) < 4.78 is 11.7. The summed E-state index contributed by atoms with van der Waals surface area (Å²) in [5.74, 6) is 1.04. The molecule has 2 aliphatic carbocycles. The van der Waals surface area contributed by atoms with Crippen LogP contribution in [0.5, 0.6) is 5.75 Å². The lowest BCUT2D eigenvalue weighted by atomic mass is 9.87. The van der Waals surface area contributed by atoms with E-state index in [9.17, 15) is 19.2 Å². The van der Waals surface area contributed by atoms with E-state index in [0.717, 1.165) is 69.1 Å². The average molecular weight is 651 g/mol. The molecule has 10 nitrogen and oxygen atoms in total. The first-order valence-corrected chi connectivity index (χ1v) is 17.8. The number of alkyl carbamates (subject to hydrolysis) is 1. The van der Waals surface area contributed by atoms with E-state index in [4.69, 9.17) is 9.47 Å². The normalized spacial score (nSPS) is 24.6. The predicted octanol–water partition coefficient (Wildman–Crippen LogP) is 6.48. The fraction of sp³-hybridized carbons (Fsp3) is 0.703. The van der Waals surface area contributed by atoms with Crippen LogP contribution in [0.4, 0.5) is 4.79 Å². The summed E-state index contributed by atoms with van der Waals surface area (Å²) in [6.07, 6.45) is 9.39. The average Bonchev–Trinajstić information content (AvgIpc) is 3.88. The van der Waals surface area contributed by atoms with Gasteiger partial charge >= 0.3 is 6.09 Å². The standard InChI is InChI=1S/C37H54N4O6/c1-7-11-31(42)32-23(2)18-19-41(32)34(44)30(22-36(3,4)5)40-35(45)47-37(6)21-24(37)12-9-8-10-13-28-33(43)39-29-20-26(46-25-14-15-25)16-17-27(29)38-28/h16-17,20,23-25,30,32H,7-15,18-19,21-22H2,1-6H3,(H,39,43)(H,40,45). The number of nitrogens with one attached hydrogen (secondary N) is 2. The van der Waals surface area contributed by atoms with Gasteiger partial charge in [0.1, 0.15) is 23.1 Å². The molecule has 1 saturated heterocycles. The molecule has 5 atom stereocenters. The van der Waals surface area contributed by atoms with Gasteiger partial charge in [-0.2, -0.15) is 0 Å². The number of carbonyl (C=O) groups excluding carboxylic acids is 3. The van der Waals surface area contributed by atoms with Crippen LogP contribution in [0.1, 0.15) is 118 Å². The molecule has 3 aliphatic rings. The molecule has 2 heterocycles. The number of H-pyrrole nitrogens is 1. The molecule has 0 bridgehead atoms. The lowest BCUT2D eigenvalue weighted by Gasteiger charge is -2.32. The first kappa shape index (κ1) is 34.9. The highest BCUT2D eigenvalue weighted by atomic mass is 16.6. The molecule has 2 saturated carbocycles. The van der Waals surface area contributed by atoms with Crippen LogP contribution in [0, 0.1) is 17.3 Å². The number of carbonyl (C=O) groups is 3. The zero-order valence-electron chi connectivity index (χ0n) is 29.2. The highest BCUT2D eigenvalue weighted by molar-refractivity contribution is 5.93. The second-order valence-electron chi connectivity index (χ2n) is 15.6. The minimum atomic E-state index is -0.754. The number of benzene rings is 1. The summed E-state index contributed by atoms with van der Waals surface area (Å²) in [5, 5.41) is 2.89. The number of rotatable bonds is 15. The van der Waals surface area contributed by atoms with Gasteiger partial charge in [-0.3, -0.25) is 14.4 Å². The van der Waals surface area contributed by atoms with Gasteiger partial charge < -0.3 is 24.7 Å². The van der Waals surface area contributed by atoms with Gasteiger partial charge in [0.05, 0.1) is 23.2 Å². The van der Waals surface area contributed by atoms with Crippen molar-refractivity contribution in [2.45, 2.75) is 142 Å². The first-order chi connectivity index (χ1) is 22.3. The van der Waals surface area contributed by atoms with Crippen LogP contribution in [0.3, 0.4) is 0 Å². The summed E-state index contributed by atoms with van der Waals surface area (Å²) in [6, 6.07) is 4.48. The van der Waals surface area contributed by atoms with Crippen LogP contribution >= 0.6 is 0 Å². The molecule has 10 heteroatoms. The lowest BCUT2D eigenvalue weighted by molar-refractivity contribution is -0.140. The number of aromatic amines is 1. The highest BCUT2D eigenvalue weighted by Gasteiger charge is 2.53. The number of fused-ring (bicyclic) bond motifs is 1. The lowest BCUT2D eigenvalue weighted by Crippen LogP contribution is -2.54. The molecular weight excluding hydrogens is 596 g/mol. The molecule has 1 aromatic heterocycles. The number of amides is 2. The Labute approximate surface area is 278 Å². The van der Waals surface area contributed by atoms with E-state index in [1.54, 1.807) is 4.90 Å². The number of aromatic nitrogens is 2. The summed E-state index contributed by atoms with van der Waals surface area (Å²) >= 11 is 0. The van der Waals surface area contributed by atoms with Crippen molar-refractivity contribution >= 4 is 28.8 Å². The number of unbranched alkanes of at least 4 members (excludes halogenated alkanes) is 2.